The van der Waals surface area contributed by atoms with E-state index < -0.39 is 5.41 Å². The molecule has 3 aliphatic rings. The van der Waals surface area contributed by atoms with Crippen molar-refractivity contribution in [2.24, 2.45) is 23.2 Å². The van der Waals surface area contributed by atoms with Gasteiger partial charge in [0.25, 0.3) is 0 Å². The van der Waals surface area contributed by atoms with E-state index >= 15 is 0 Å². The summed E-state index contributed by atoms with van der Waals surface area (Å²) in [6.45, 7) is 8.34. The topological polar surface area (TPSA) is 37.4 Å². The van der Waals surface area contributed by atoms with Crippen molar-refractivity contribution in [2.45, 2.75) is 39.5 Å². The van der Waals surface area contributed by atoms with Gasteiger partial charge in [-0.05, 0) is 42.2 Å². The molecule has 0 aromatic heterocycles. The Hall–Kier alpha value is -1.90. The number of hydrogen-bond acceptors (Lipinski definition) is 2. The second kappa shape index (κ2) is 4.34. The Labute approximate surface area is 137 Å². The number of imide groups is 1. The van der Waals surface area contributed by atoms with Gasteiger partial charge in [0.2, 0.25) is 11.8 Å². The number of nitrogens with zero attached hydrogens (tertiary/aromatic N) is 1. The fourth-order valence-corrected chi connectivity index (χ4v) is 4.84. The largest absolute Gasteiger partial charge is 0.274 e. The molecule has 2 bridgehead atoms. The first-order valence-electron chi connectivity index (χ1n) is 8.42. The first kappa shape index (κ1) is 14.7. The third kappa shape index (κ3) is 1.71. The second-order valence-electron chi connectivity index (χ2n) is 8.40. The number of carbonyl (C=O) groups is 2. The Bertz CT molecular complexity index is 742. The van der Waals surface area contributed by atoms with E-state index in [2.05, 4.69) is 32.9 Å². The van der Waals surface area contributed by atoms with Gasteiger partial charge in [-0.15, -0.1) is 0 Å². The molecule has 2 amide bonds. The molecule has 23 heavy (non-hydrogen) atoms. The highest BCUT2D eigenvalue weighted by Crippen LogP contribution is 2.61. The number of fused-ring (bicyclic) bond motifs is 5. The van der Waals surface area contributed by atoms with Crippen molar-refractivity contribution in [3.05, 3.63) is 42.0 Å². The van der Waals surface area contributed by atoms with Crippen LogP contribution in [0, 0.1) is 23.2 Å². The molecule has 1 saturated heterocycles. The molecule has 0 spiro atoms. The van der Waals surface area contributed by atoms with Crippen molar-refractivity contribution in [1.29, 1.82) is 0 Å². The van der Waals surface area contributed by atoms with E-state index in [1.54, 1.807) is 0 Å². The molecule has 4 rings (SSSR count). The van der Waals surface area contributed by atoms with Crippen LogP contribution in [-0.4, -0.2) is 11.8 Å². The molecular weight excluding hydrogens is 286 g/mol. The maximum atomic E-state index is 13.3. The highest BCUT2D eigenvalue weighted by atomic mass is 16.2. The molecule has 0 unspecified atom stereocenters. The number of anilines is 1. The van der Waals surface area contributed by atoms with Gasteiger partial charge >= 0.3 is 0 Å². The number of rotatable bonds is 1. The third-order valence-corrected chi connectivity index (χ3v) is 6.06. The fourth-order valence-electron chi connectivity index (χ4n) is 4.84. The molecule has 1 aromatic carbocycles. The number of amides is 2. The quantitative estimate of drug-likeness (QED) is 0.586. The van der Waals surface area contributed by atoms with Crippen molar-refractivity contribution in [3.8, 4) is 0 Å². The predicted octanol–water partition coefficient (Wildman–Crippen LogP) is 3.69. The summed E-state index contributed by atoms with van der Waals surface area (Å²) in [5.41, 5.74) is 1.14. The van der Waals surface area contributed by atoms with Crippen molar-refractivity contribution in [2.75, 3.05) is 4.90 Å². The monoisotopic (exact) mass is 309 g/mol. The van der Waals surface area contributed by atoms with Crippen molar-refractivity contribution >= 4 is 17.5 Å². The minimum absolute atomic E-state index is 0.00829. The van der Waals surface area contributed by atoms with E-state index in [1.165, 1.54) is 4.90 Å². The Kier molecular flexibility index (Phi) is 2.77. The van der Waals surface area contributed by atoms with Gasteiger partial charge < -0.3 is 0 Å². The van der Waals surface area contributed by atoms with Gasteiger partial charge in [0.1, 0.15) is 0 Å². The average Bonchev–Trinajstić information content (AvgIpc) is 3.11. The highest BCUT2D eigenvalue weighted by Gasteiger charge is 2.67. The zero-order chi connectivity index (χ0) is 16.6. The van der Waals surface area contributed by atoms with Crippen LogP contribution >= 0.6 is 0 Å². The summed E-state index contributed by atoms with van der Waals surface area (Å²) >= 11 is 0. The van der Waals surface area contributed by atoms with E-state index in [9.17, 15) is 9.59 Å². The summed E-state index contributed by atoms with van der Waals surface area (Å²) in [6.07, 6.45) is 5.24. The van der Waals surface area contributed by atoms with Crippen LogP contribution in [-0.2, 0) is 15.0 Å². The maximum Gasteiger partial charge on any atom is 0.241 e. The van der Waals surface area contributed by atoms with Crippen LogP contribution in [0.15, 0.2) is 36.4 Å². The highest BCUT2D eigenvalue weighted by molar-refractivity contribution is 6.24. The summed E-state index contributed by atoms with van der Waals surface area (Å²) in [5, 5.41) is 0. The fraction of sp³-hybridized carbons (Fsp3) is 0.500. The van der Waals surface area contributed by atoms with Gasteiger partial charge in [-0.2, -0.15) is 0 Å². The van der Waals surface area contributed by atoms with Gasteiger partial charge in [0.05, 0.1) is 17.0 Å². The number of hydrogen-bond donors (Lipinski definition) is 0. The maximum absolute atomic E-state index is 13.3. The van der Waals surface area contributed by atoms with Gasteiger partial charge in [-0.25, -0.2) is 4.90 Å². The molecule has 4 atom stereocenters. The molecule has 0 radical (unpaired) electrons. The zero-order valence-corrected chi connectivity index (χ0v) is 14.2. The molecule has 120 valence electrons. The van der Waals surface area contributed by atoms with Gasteiger partial charge in [-0.1, -0.05) is 51.1 Å². The summed E-state index contributed by atoms with van der Waals surface area (Å²) < 4.78 is 0. The van der Waals surface area contributed by atoms with E-state index in [-0.39, 0.29) is 35.0 Å². The van der Waals surface area contributed by atoms with Gasteiger partial charge in [0.15, 0.2) is 0 Å². The van der Waals surface area contributed by atoms with Crippen LogP contribution in [0.25, 0.3) is 0 Å². The number of carbonyl (C=O) groups excluding carboxylic acids is 2. The smallest absolute Gasteiger partial charge is 0.241 e. The van der Waals surface area contributed by atoms with Crippen molar-refractivity contribution < 1.29 is 9.59 Å². The SMILES string of the molecule is CC(C)(C)c1ccccc1N1C(=O)[C@@H]2[C@@H]3C=C[C@@H](C3)[C@]2(C)C1=O. The first-order valence-corrected chi connectivity index (χ1v) is 8.42. The van der Waals surface area contributed by atoms with Crippen LogP contribution in [0.1, 0.15) is 39.7 Å². The third-order valence-electron chi connectivity index (χ3n) is 6.06. The minimum atomic E-state index is -0.554. The van der Waals surface area contributed by atoms with Crippen LogP contribution in [0.3, 0.4) is 0 Å². The standard InChI is InChI=1S/C20H23NO2/c1-19(2,3)14-7-5-6-8-15(14)21-17(22)16-12-9-10-13(11-12)20(16,4)18(21)23/h5-10,12-13,16H,11H2,1-4H3/t12-,13+,16+,20+/m1/s1. The molecule has 2 fully saturated rings. The second-order valence-corrected chi connectivity index (χ2v) is 8.40. The van der Waals surface area contributed by atoms with E-state index in [1.807, 2.05) is 31.2 Å². The van der Waals surface area contributed by atoms with Crippen LogP contribution in [0.5, 0.6) is 0 Å². The Morgan fingerprint density at radius 1 is 1.13 bits per heavy atom. The molecule has 3 nitrogen and oxygen atoms in total. The lowest BCUT2D eigenvalue weighted by molar-refractivity contribution is -0.127. The summed E-state index contributed by atoms with van der Waals surface area (Å²) in [4.78, 5) is 27.9. The summed E-state index contributed by atoms with van der Waals surface area (Å²) in [6, 6.07) is 7.83. The van der Waals surface area contributed by atoms with E-state index in [0.29, 0.717) is 0 Å². The van der Waals surface area contributed by atoms with Crippen LogP contribution in [0.2, 0.25) is 0 Å². The van der Waals surface area contributed by atoms with Crippen molar-refractivity contribution in [3.63, 3.8) is 0 Å². The lowest BCUT2D eigenvalue weighted by Crippen LogP contribution is -2.38. The van der Waals surface area contributed by atoms with Crippen LogP contribution < -0.4 is 4.90 Å². The number of benzene rings is 1. The average molecular weight is 309 g/mol. The van der Waals surface area contributed by atoms with Gasteiger partial charge in [-0.3, -0.25) is 9.59 Å². The minimum Gasteiger partial charge on any atom is -0.274 e. The lowest BCUT2D eigenvalue weighted by atomic mass is 9.71. The lowest BCUT2D eigenvalue weighted by Gasteiger charge is -2.29. The Morgan fingerprint density at radius 3 is 2.48 bits per heavy atom. The molecule has 1 saturated carbocycles. The molecular formula is C20H23NO2. The number of para-hydroxylation sites is 1. The predicted molar refractivity (Wildman–Crippen MR) is 90.0 cm³/mol. The molecule has 1 heterocycles. The summed E-state index contributed by atoms with van der Waals surface area (Å²) in [7, 11) is 0. The molecule has 2 aliphatic carbocycles. The van der Waals surface area contributed by atoms with E-state index in [4.69, 9.17) is 0 Å². The van der Waals surface area contributed by atoms with Crippen molar-refractivity contribution in [1.82, 2.24) is 0 Å². The number of allylic oxidation sites excluding steroid dienone is 2. The molecule has 1 aromatic rings. The molecule has 1 aliphatic heterocycles. The van der Waals surface area contributed by atoms with E-state index in [0.717, 1.165) is 17.7 Å². The van der Waals surface area contributed by atoms with Gasteiger partial charge in [0, 0.05) is 0 Å². The Balaban J connectivity index is 1.85. The zero-order valence-electron chi connectivity index (χ0n) is 14.2. The first-order chi connectivity index (χ1) is 10.8. The molecule has 3 heteroatoms. The Morgan fingerprint density at radius 2 is 1.83 bits per heavy atom. The molecule has 0 N–H and O–H groups in total. The van der Waals surface area contributed by atoms with Crippen LogP contribution in [0.4, 0.5) is 5.69 Å². The summed E-state index contributed by atoms with van der Waals surface area (Å²) in [5.74, 6) is 0.235. The normalized spacial score (nSPS) is 35.3.